The summed E-state index contributed by atoms with van der Waals surface area (Å²) in [6.45, 7) is 0. The minimum absolute atomic E-state index is 0.0459. The molecule has 3 rings (SSSR count). The van der Waals surface area contributed by atoms with Crippen molar-refractivity contribution < 1.29 is 9.53 Å². The standard InChI is InChI=1S/C14H11BrN2O2S/c15-11-5-4-10(20-11)12-7(6-16)14(17)19-9-3-1-2-8(18)13(9)12/h4-5,7,12,17H,1-3H2. The van der Waals surface area contributed by atoms with E-state index in [0.717, 1.165) is 15.1 Å². The highest BCUT2D eigenvalue weighted by Crippen LogP contribution is 2.45. The van der Waals surface area contributed by atoms with Gasteiger partial charge in [0.1, 0.15) is 11.7 Å². The molecule has 0 aromatic carbocycles. The molecule has 0 spiro atoms. The van der Waals surface area contributed by atoms with Crippen molar-refractivity contribution in [2.75, 3.05) is 0 Å². The smallest absolute Gasteiger partial charge is 0.205 e. The van der Waals surface area contributed by atoms with Crippen molar-refractivity contribution in [3.05, 3.63) is 32.1 Å². The maximum atomic E-state index is 12.3. The fraction of sp³-hybridized carbons (Fsp3) is 0.357. The van der Waals surface area contributed by atoms with Gasteiger partial charge in [-0.05, 0) is 34.5 Å². The fourth-order valence-corrected chi connectivity index (χ4v) is 4.31. The summed E-state index contributed by atoms with van der Waals surface area (Å²) in [6.07, 6.45) is 1.92. The van der Waals surface area contributed by atoms with E-state index in [1.807, 2.05) is 12.1 Å². The van der Waals surface area contributed by atoms with E-state index in [-0.39, 0.29) is 17.6 Å². The van der Waals surface area contributed by atoms with Crippen LogP contribution in [0.1, 0.15) is 30.1 Å². The van der Waals surface area contributed by atoms with Crippen molar-refractivity contribution in [3.63, 3.8) is 0 Å². The third-order valence-electron chi connectivity index (χ3n) is 3.61. The molecule has 1 aromatic heterocycles. The van der Waals surface area contributed by atoms with Crippen molar-refractivity contribution >= 4 is 38.9 Å². The second-order valence-electron chi connectivity index (χ2n) is 4.81. The highest BCUT2D eigenvalue weighted by molar-refractivity contribution is 9.11. The Morgan fingerprint density at radius 1 is 1.45 bits per heavy atom. The van der Waals surface area contributed by atoms with E-state index in [0.29, 0.717) is 24.2 Å². The summed E-state index contributed by atoms with van der Waals surface area (Å²) < 4.78 is 6.39. The first-order chi connectivity index (χ1) is 9.61. The van der Waals surface area contributed by atoms with Crippen LogP contribution >= 0.6 is 27.3 Å². The van der Waals surface area contributed by atoms with Gasteiger partial charge in [0.05, 0.1) is 9.86 Å². The molecule has 1 N–H and O–H groups in total. The Balaban J connectivity index is 2.16. The lowest BCUT2D eigenvalue weighted by molar-refractivity contribution is -0.116. The molecule has 0 bridgehead atoms. The van der Waals surface area contributed by atoms with Crippen LogP contribution < -0.4 is 0 Å². The molecule has 6 heteroatoms. The molecule has 1 aliphatic carbocycles. The van der Waals surface area contributed by atoms with E-state index in [4.69, 9.17) is 10.1 Å². The lowest BCUT2D eigenvalue weighted by Gasteiger charge is -2.33. The maximum Gasteiger partial charge on any atom is 0.205 e. The molecule has 102 valence electrons. The van der Waals surface area contributed by atoms with Gasteiger partial charge in [-0.1, -0.05) is 0 Å². The quantitative estimate of drug-likeness (QED) is 0.837. The number of allylic oxidation sites excluding steroid dienone is 2. The number of thiophene rings is 1. The molecule has 2 heterocycles. The van der Waals surface area contributed by atoms with Crippen molar-refractivity contribution in [1.82, 2.24) is 0 Å². The number of nitrogens with zero attached hydrogens (tertiary/aromatic N) is 1. The second-order valence-corrected chi connectivity index (χ2v) is 7.30. The molecule has 0 saturated carbocycles. The molecule has 20 heavy (non-hydrogen) atoms. The number of ketones is 1. The van der Waals surface area contributed by atoms with Gasteiger partial charge in [0.15, 0.2) is 5.78 Å². The molecule has 0 radical (unpaired) electrons. The monoisotopic (exact) mass is 350 g/mol. The van der Waals surface area contributed by atoms with Crippen LogP contribution in [0, 0.1) is 22.7 Å². The molecule has 2 unspecified atom stereocenters. The van der Waals surface area contributed by atoms with Gasteiger partial charge in [0, 0.05) is 29.2 Å². The molecule has 2 atom stereocenters. The third kappa shape index (κ3) is 2.11. The summed E-state index contributed by atoms with van der Waals surface area (Å²) in [6, 6.07) is 5.94. The average Bonchev–Trinajstić information content (AvgIpc) is 2.84. The molecular formula is C14H11BrN2O2S. The van der Waals surface area contributed by atoms with E-state index in [1.165, 1.54) is 11.3 Å². The molecular weight excluding hydrogens is 340 g/mol. The maximum absolute atomic E-state index is 12.3. The Bertz CT molecular complexity index is 671. The average molecular weight is 351 g/mol. The molecule has 1 aromatic rings. The lowest BCUT2D eigenvalue weighted by Crippen LogP contribution is -2.34. The molecule has 0 fully saturated rings. The number of nitrogens with one attached hydrogen (secondary N) is 1. The van der Waals surface area contributed by atoms with Crippen molar-refractivity contribution in [2.45, 2.75) is 25.2 Å². The van der Waals surface area contributed by atoms with Gasteiger partial charge in [-0.3, -0.25) is 10.2 Å². The van der Waals surface area contributed by atoms with E-state index in [1.54, 1.807) is 0 Å². The Labute approximate surface area is 128 Å². The first kappa shape index (κ1) is 13.5. The summed E-state index contributed by atoms with van der Waals surface area (Å²) in [5.74, 6) is -0.488. The lowest BCUT2D eigenvalue weighted by atomic mass is 9.77. The second kappa shape index (κ2) is 5.15. The summed E-state index contributed by atoms with van der Waals surface area (Å²) in [7, 11) is 0. The number of halogens is 1. The van der Waals surface area contributed by atoms with E-state index in [2.05, 4.69) is 22.0 Å². The molecule has 1 aliphatic heterocycles. The van der Waals surface area contributed by atoms with Crippen molar-refractivity contribution in [2.24, 2.45) is 5.92 Å². The summed E-state index contributed by atoms with van der Waals surface area (Å²) in [4.78, 5) is 13.2. The minimum Gasteiger partial charge on any atom is -0.446 e. The van der Waals surface area contributed by atoms with Crippen LogP contribution in [0.25, 0.3) is 0 Å². The largest absolute Gasteiger partial charge is 0.446 e. The number of Topliss-reactive ketones (excluding diaryl/α,β-unsaturated/α-hetero) is 1. The predicted molar refractivity (Wildman–Crippen MR) is 78.6 cm³/mol. The van der Waals surface area contributed by atoms with Gasteiger partial charge in [-0.15, -0.1) is 11.3 Å². The van der Waals surface area contributed by atoms with Gasteiger partial charge >= 0.3 is 0 Å². The van der Waals surface area contributed by atoms with Crippen LogP contribution in [0.5, 0.6) is 0 Å². The number of hydrogen-bond acceptors (Lipinski definition) is 5. The normalized spacial score (nSPS) is 26.0. The van der Waals surface area contributed by atoms with Crippen LogP contribution in [-0.4, -0.2) is 11.7 Å². The Morgan fingerprint density at radius 2 is 2.25 bits per heavy atom. The number of carbonyl (C=O) groups excluding carboxylic acids is 1. The fourth-order valence-electron chi connectivity index (χ4n) is 2.74. The van der Waals surface area contributed by atoms with Crippen molar-refractivity contribution in [3.8, 4) is 6.07 Å². The molecule has 0 amide bonds. The Morgan fingerprint density at radius 3 is 2.90 bits per heavy atom. The zero-order valence-electron chi connectivity index (χ0n) is 10.5. The third-order valence-corrected chi connectivity index (χ3v) is 5.31. The molecule has 0 saturated heterocycles. The zero-order chi connectivity index (χ0) is 14.3. The number of ether oxygens (including phenoxy) is 1. The van der Waals surface area contributed by atoms with Gasteiger partial charge in [0.25, 0.3) is 0 Å². The Kier molecular flexibility index (Phi) is 3.48. The summed E-state index contributed by atoms with van der Waals surface area (Å²) in [5, 5.41) is 17.3. The van der Waals surface area contributed by atoms with Gasteiger partial charge in [-0.25, -0.2) is 0 Å². The van der Waals surface area contributed by atoms with Gasteiger partial charge < -0.3 is 4.74 Å². The Hall–Kier alpha value is -1.45. The molecule has 4 nitrogen and oxygen atoms in total. The van der Waals surface area contributed by atoms with Crippen LogP contribution in [0.4, 0.5) is 0 Å². The van der Waals surface area contributed by atoms with E-state index in [9.17, 15) is 10.1 Å². The highest BCUT2D eigenvalue weighted by Gasteiger charge is 2.43. The minimum atomic E-state index is -0.721. The van der Waals surface area contributed by atoms with Crippen LogP contribution in [-0.2, 0) is 9.53 Å². The van der Waals surface area contributed by atoms with Gasteiger partial charge in [0.2, 0.25) is 5.90 Å². The SMILES string of the molecule is N#CC1C(=N)OC2=C(C(=O)CCC2)C1c1ccc(Br)s1. The number of rotatable bonds is 1. The van der Waals surface area contributed by atoms with Crippen LogP contribution in [0.3, 0.4) is 0 Å². The van der Waals surface area contributed by atoms with Gasteiger partial charge in [-0.2, -0.15) is 5.26 Å². The predicted octanol–water partition coefficient (Wildman–Crippen LogP) is 3.75. The number of carbonyl (C=O) groups is 1. The van der Waals surface area contributed by atoms with Crippen LogP contribution in [0.15, 0.2) is 27.3 Å². The first-order valence-electron chi connectivity index (χ1n) is 6.29. The summed E-state index contributed by atoms with van der Waals surface area (Å²) in [5.41, 5.74) is 0.605. The van der Waals surface area contributed by atoms with Crippen molar-refractivity contribution in [1.29, 1.82) is 10.7 Å². The highest BCUT2D eigenvalue weighted by atomic mass is 79.9. The number of hydrogen-bond donors (Lipinski definition) is 1. The van der Waals surface area contributed by atoms with E-state index >= 15 is 0 Å². The number of nitriles is 1. The van der Waals surface area contributed by atoms with E-state index < -0.39 is 5.92 Å². The first-order valence-corrected chi connectivity index (χ1v) is 7.90. The topological polar surface area (TPSA) is 73.9 Å². The zero-order valence-corrected chi connectivity index (χ0v) is 12.9. The van der Waals surface area contributed by atoms with Crippen LogP contribution in [0.2, 0.25) is 0 Å². The summed E-state index contributed by atoms with van der Waals surface area (Å²) >= 11 is 4.91. The molecule has 2 aliphatic rings.